The van der Waals surface area contributed by atoms with Gasteiger partial charge in [-0.05, 0) is 38.5 Å². The van der Waals surface area contributed by atoms with Gasteiger partial charge in [-0.25, -0.2) is 0 Å². The van der Waals surface area contributed by atoms with Crippen molar-refractivity contribution >= 4 is 0 Å². The van der Waals surface area contributed by atoms with Crippen molar-refractivity contribution in [3.63, 3.8) is 0 Å². The SMILES string of the molecule is C1=CCC(CCCCCC2=CC=CC2)=C1. The maximum Gasteiger partial charge on any atom is -0.0133 e. The molecule has 2 aliphatic rings. The summed E-state index contributed by atoms with van der Waals surface area (Å²) in [5.74, 6) is 0. The van der Waals surface area contributed by atoms with Crippen molar-refractivity contribution in [1.29, 1.82) is 0 Å². The summed E-state index contributed by atoms with van der Waals surface area (Å²) in [7, 11) is 0. The molecule has 0 aliphatic heterocycles. The highest BCUT2D eigenvalue weighted by atomic mass is 14.1. The molecule has 0 saturated heterocycles. The van der Waals surface area contributed by atoms with Crippen LogP contribution in [0.2, 0.25) is 0 Å². The van der Waals surface area contributed by atoms with E-state index in [-0.39, 0.29) is 0 Å². The average molecular weight is 200 g/mol. The van der Waals surface area contributed by atoms with E-state index in [9.17, 15) is 0 Å². The van der Waals surface area contributed by atoms with Gasteiger partial charge in [-0.15, -0.1) is 0 Å². The van der Waals surface area contributed by atoms with E-state index in [1.165, 1.54) is 44.9 Å². The first-order chi connectivity index (χ1) is 7.45. The minimum atomic E-state index is 1.20. The summed E-state index contributed by atoms with van der Waals surface area (Å²) in [6.45, 7) is 0. The molecular weight excluding hydrogens is 180 g/mol. The summed E-state index contributed by atoms with van der Waals surface area (Å²) < 4.78 is 0. The van der Waals surface area contributed by atoms with Crippen LogP contribution in [0.1, 0.15) is 44.9 Å². The molecule has 0 aromatic carbocycles. The lowest BCUT2D eigenvalue weighted by atomic mass is 10.0. The van der Waals surface area contributed by atoms with Crippen molar-refractivity contribution in [2.45, 2.75) is 44.9 Å². The molecule has 0 amide bonds. The van der Waals surface area contributed by atoms with Crippen molar-refractivity contribution in [2.75, 3.05) is 0 Å². The predicted octanol–water partition coefficient (Wildman–Crippen LogP) is 4.71. The summed E-state index contributed by atoms with van der Waals surface area (Å²) in [5.41, 5.74) is 3.24. The predicted molar refractivity (Wildman–Crippen MR) is 66.8 cm³/mol. The van der Waals surface area contributed by atoms with Gasteiger partial charge in [0.15, 0.2) is 0 Å². The molecule has 0 heterocycles. The Balaban J connectivity index is 1.48. The second-order valence-electron chi connectivity index (χ2n) is 4.48. The first-order valence-corrected chi connectivity index (χ1v) is 6.14. The second kappa shape index (κ2) is 5.75. The zero-order valence-corrected chi connectivity index (χ0v) is 9.41. The van der Waals surface area contributed by atoms with Gasteiger partial charge in [0.1, 0.15) is 0 Å². The van der Waals surface area contributed by atoms with Crippen molar-refractivity contribution in [3.05, 3.63) is 47.6 Å². The zero-order valence-electron chi connectivity index (χ0n) is 9.41. The largest absolute Gasteiger partial charge is 0.0805 e. The molecule has 0 saturated carbocycles. The molecule has 0 fully saturated rings. The van der Waals surface area contributed by atoms with Crippen LogP contribution in [0.15, 0.2) is 47.6 Å². The molecule has 0 nitrogen and oxygen atoms in total. The van der Waals surface area contributed by atoms with E-state index in [1.54, 1.807) is 11.1 Å². The molecule has 0 unspecified atom stereocenters. The third kappa shape index (κ3) is 3.54. The molecule has 0 radical (unpaired) electrons. The molecule has 80 valence electrons. The maximum absolute atomic E-state index is 2.28. The molecule has 0 N–H and O–H groups in total. The van der Waals surface area contributed by atoms with E-state index in [1.807, 2.05) is 0 Å². The van der Waals surface area contributed by atoms with Crippen LogP contribution >= 0.6 is 0 Å². The smallest absolute Gasteiger partial charge is 0.0133 e. The Hall–Kier alpha value is -1.04. The fraction of sp³-hybridized carbons (Fsp3) is 0.467. The molecule has 0 atom stereocenters. The van der Waals surface area contributed by atoms with Crippen molar-refractivity contribution in [1.82, 2.24) is 0 Å². The molecule has 15 heavy (non-hydrogen) atoms. The Morgan fingerprint density at radius 2 is 1.27 bits per heavy atom. The van der Waals surface area contributed by atoms with Crippen molar-refractivity contribution in [2.24, 2.45) is 0 Å². The summed E-state index contributed by atoms with van der Waals surface area (Å²) in [6, 6.07) is 0. The normalized spacial score (nSPS) is 18.4. The number of hydrogen-bond donors (Lipinski definition) is 0. The number of rotatable bonds is 6. The van der Waals surface area contributed by atoms with Crippen LogP contribution in [0.4, 0.5) is 0 Å². The van der Waals surface area contributed by atoms with Crippen molar-refractivity contribution < 1.29 is 0 Å². The molecule has 2 aliphatic carbocycles. The Kier molecular flexibility index (Phi) is 4.01. The third-order valence-electron chi connectivity index (χ3n) is 3.19. The quantitative estimate of drug-likeness (QED) is 0.545. The summed E-state index contributed by atoms with van der Waals surface area (Å²) in [4.78, 5) is 0. The van der Waals surface area contributed by atoms with E-state index >= 15 is 0 Å². The lowest BCUT2D eigenvalue weighted by molar-refractivity contribution is 0.667. The van der Waals surface area contributed by atoms with E-state index in [4.69, 9.17) is 0 Å². The van der Waals surface area contributed by atoms with E-state index in [0.717, 1.165) is 0 Å². The highest BCUT2D eigenvalue weighted by Gasteiger charge is 2.01. The van der Waals surface area contributed by atoms with Gasteiger partial charge in [-0.1, -0.05) is 54.0 Å². The Labute approximate surface area is 93.1 Å². The topological polar surface area (TPSA) is 0 Å². The van der Waals surface area contributed by atoms with Gasteiger partial charge in [0.25, 0.3) is 0 Å². The fourth-order valence-corrected chi connectivity index (χ4v) is 2.23. The van der Waals surface area contributed by atoms with Gasteiger partial charge in [-0.3, -0.25) is 0 Å². The van der Waals surface area contributed by atoms with E-state index < -0.39 is 0 Å². The van der Waals surface area contributed by atoms with Gasteiger partial charge in [0, 0.05) is 0 Å². The standard InChI is InChI=1S/C15H20/c1(2-8-14-10-4-5-11-14)3-9-15-12-6-7-13-15/h4-7,10,12H,1-3,8-9,11,13H2. The Morgan fingerprint density at radius 1 is 0.733 bits per heavy atom. The van der Waals surface area contributed by atoms with Crippen LogP contribution in [-0.2, 0) is 0 Å². The fourth-order valence-electron chi connectivity index (χ4n) is 2.23. The minimum absolute atomic E-state index is 1.20. The lowest BCUT2D eigenvalue weighted by Gasteiger charge is -2.03. The number of unbranched alkanes of at least 4 members (excludes halogenated alkanes) is 2. The monoisotopic (exact) mass is 200 g/mol. The molecule has 0 aromatic heterocycles. The van der Waals surface area contributed by atoms with Gasteiger partial charge in [0.2, 0.25) is 0 Å². The number of hydrogen-bond acceptors (Lipinski definition) is 0. The first kappa shape index (κ1) is 10.5. The van der Waals surface area contributed by atoms with E-state index in [0.29, 0.717) is 0 Å². The van der Waals surface area contributed by atoms with Crippen LogP contribution in [0, 0.1) is 0 Å². The Morgan fingerprint density at radius 3 is 1.67 bits per heavy atom. The molecule has 0 spiro atoms. The lowest BCUT2D eigenvalue weighted by Crippen LogP contribution is -1.84. The van der Waals surface area contributed by atoms with Crippen LogP contribution < -0.4 is 0 Å². The van der Waals surface area contributed by atoms with Gasteiger partial charge < -0.3 is 0 Å². The third-order valence-corrected chi connectivity index (χ3v) is 3.19. The summed E-state index contributed by atoms with van der Waals surface area (Å²) >= 11 is 0. The molecule has 0 aromatic rings. The maximum atomic E-state index is 2.28. The van der Waals surface area contributed by atoms with Gasteiger partial charge in [-0.2, -0.15) is 0 Å². The Bertz CT molecular complexity index is 281. The molecule has 2 rings (SSSR count). The first-order valence-electron chi connectivity index (χ1n) is 6.14. The van der Waals surface area contributed by atoms with Crippen LogP contribution in [0.25, 0.3) is 0 Å². The highest BCUT2D eigenvalue weighted by Crippen LogP contribution is 2.21. The second-order valence-corrected chi connectivity index (χ2v) is 4.48. The molecular formula is C15H20. The van der Waals surface area contributed by atoms with Crippen LogP contribution in [0.3, 0.4) is 0 Å². The van der Waals surface area contributed by atoms with E-state index in [2.05, 4.69) is 36.5 Å². The van der Waals surface area contributed by atoms with Crippen molar-refractivity contribution in [3.8, 4) is 0 Å². The van der Waals surface area contributed by atoms with Gasteiger partial charge >= 0.3 is 0 Å². The number of allylic oxidation sites excluding steroid dienone is 8. The average Bonchev–Trinajstić information content (AvgIpc) is 2.88. The minimum Gasteiger partial charge on any atom is -0.0805 e. The highest BCUT2D eigenvalue weighted by molar-refractivity contribution is 5.23. The van der Waals surface area contributed by atoms with Crippen LogP contribution in [-0.4, -0.2) is 0 Å². The van der Waals surface area contributed by atoms with Gasteiger partial charge in [0.05, 0.1) is 0 Å². The van der Waals surface area contributed by atoms with Crippen LogP contribution in [0.5, 0.6) is 0 Å². The summed E-state index contributed by atoms with van der Waals surface area (Å²) in [5, 5.41) is 0. The molecule has 0 bridgehead atoms. The molecule has 0 heteroatoms. The zero-order chi connectivity index (χ0) is 10.3. The summed E-state index contributed by atoms with van der Waals surface area (Å²) in [6.07, 6.45) is 22.6.